The van der Waals surface area contributed by atoms with Crippen molar-refractivity contribution in [2.45, 2.75) is 0 Å². The zero-order valence-electron chi connectivity index (χ0n) is 8.18. The molecule has 0 bridgehead atoms. The summed E-state index contributed by atoms with van der Waals surface area (Å²) in [5.41, 5.74) is 2.11. The van der Waals surface area contributed by atoms with Gasteiger partial charge in [0.25, 0.3) is 0 Å². The molecule has 0 aliphatic carbocycles. The maximum atomic E-state index is 3.49. The molecule has 0 amide bonds. The molecule has 16 heavy (non-hydrogen) atoms. The number of para-hydroxylation sites is 1. The molecule has 2 rings (SSSR count). The third kappa shape index (κ3) is 2.87. The maximum Gasteiger partial charge on any atom is 0.0461 e. The predicted octanol–water partition coefficient (Wildman–Crippen LogP) is 5.72. The first kappa shape index (κ1) is 12.1. The van der Waals surface area contributed by atoms with Gasteiger partial charge in [0.2, 0.25) is 0 Å². The fourth-order valence-corrected chi connectivity index (χ4v) is 2.73. The van der Waals surface area contributed by atoms with Gasteiger partial charge in [-0.1, -0.05) is 18.2 Å². The molecule has 0 saturated carbocycles. The summed E-state index contributed by atoms with van der Waals surface area (Å²) >= 11 is 10.5. The van der Waals surface area contributed by atoms with Crippen LogP contribution in [0.4, 0.5) is 11.4 Å². The lowest BCUT2D eigenvalue weighted by atomic mass is 10.3. The molecule has 0 aliphatic heterocycles. The Balaban J connectivity index is 2.29. The minimum absolute atomic E-state index is 1.01. The van der Waals surface area contributed by atoms with E-state index >= 15 is 0 Å². The van der Waals surface area contributed by atoms with Gasteiger partial charge in [0.15, 0.2) is 0 Å². The quantitative estimate of drug-likeness (QED) is 0.630. The summed E-state index contributed by atoms with van der Waals surface area (Å²) in [6, 6.07) is 14.1. The van der Waals surface area contributed by atoms with Crippen molar-refractivity contribution in [3.63, 3.8) is 0 Å². The van der Waals surface area contributed by atoms with Crippen LogP contribution in [-0.2, 0) is 0 Å². The molecule has 0 aliphatic rings. The third-order valence-corrected chi connectivity index (χ3v) is 5.22. The first-order valence-electron chi connectivity index (χ1n) is 4.63. The average molecular weight is 406 g/mol. The van der Waals surface area contributed by atoms with Crippen LogP contribution in [0.1, 0.15) is 0 Å². The number of hydrogen-bond donors (Lipinski definition) is 1. The number of nitrogens with one attached hydrogen (secondary N) is 1. The number of hydrogen-bond acceptors (Lipinski definition) is 1. The molecule has 0 saturated heterocycles. The van der Waals surface area contributed by atoms with Crippen molar-refractivity contribution in [3.8, 4) is 0 Å². The van der Waals surface area contributed by atoms with Gasteiger partial charge in [0.05, 0.1) is 0 Å². The van der Waals surface area contributed by atoms with Crippen molar-refractivity contribution in [3.05, 3.63) is 55.9 Å². The van der Waals surface area contributed by atoms with Gasteiger partial charge in [-0.05, 0) is 72.1 Å². The molecule has 0 radical (unpaired) electrons. The molecule has 82 valence electrons. The van der Waals surface area contributed by atoms with Crippen LogP contribution in [0.2, 0.25) is 0 Å². The molecule has 0 spiro atoms. The van der Waals surface area contributed by atoms with Crippen LogP contribution in [0.3, 0.4) is 0 Å². The van der Waals surface area contributed by atoms with Gasteiger partial charge < -0.3 is 5.32 Å². The summed E-state index contributed by atoms with van der Waals surface area (Å²) in [7, 11) is 0. The summed E-state index contributed by atoms with van der Waals surface area (Å²) in [6.07, 6.45) is 0. The summed E-state index contributed by atoms with van der Waals surface area (Å²) in [5.74, 6) is 0. The van der Waals surface area contributed by atoms with E-state index < -0.39 is 0 Å². The Morgan fingerprint density at radius 3 is 1.88 bits per heavy atom. The molecule has 1 nitrogen and oxygen atoms in total. The summed E-state index contributed by atoms with van der Waals surface area (Å²) in [6.45, 7) is 0. The van der Waals surface area contributed by atoms with Gasteiger partial charge in [-0.2, -0.15) is 0 Å². The van der Waals surface area contributed by atoms with Crippen molar-refractivity contribution in [1.29, 1.82) is 0 Å². The topological polar surface area (TPSA) is 12.0 Å². The highest BCUT2D eigenvalue weighted by Gasteiger charge is 2.04. The number of halogens is 3. The first-order valence-corrected chi connectivity index (χ1v) is 7.01. The maximum absolute atomic E-state index is 3.49. The molecule has 2 aromatic carbocycles. The van der Waals surface area contributed by atoms with E-state index in [1.165, 1.54) is 0 Å². The SMILES string of the molecule is Brc1cc(Nc2ccccc2)cc(Br)c1Br. The van der Waals surface area contributed by atoms with Gasteiger partial charge in [-0.15, -0.1) is 0 Å². The van der Waals surface area contributed by atoms with Crippen LogP contribution >= 0.6 is 47.8 Å². The summed E-state index contributed by atoms with van der Waals surface area (Å²) in [5, 5.41) is 3.33. The highest BCUT2D eigenvalue weighted by molar-refractivity contribution is 9.14. The Bertz CT molecular complexity index is 474. The van der Waals surface area contributed by atoms with Crippen LogP contribution in [0.25, 0.3) is 0 Å². The molecule has 2 aromatic rings. The molecule has 0 fully saturated rings. The average Bonchev–Trinajstić information content (AvgIpc) is 2.27. The molecule has 4 heteroatoms. The zero-order valence-corrected chi connectivity index (χ0v) is 12.9. The lowest BCUT2D eigenvalue weighted by Gasteiger charge is -2.09. The fraction of sp³-hybridized carbons (Fsp3) is 0. The van der Waals surface area contributed by atoms with Gasteiger partial charge >= 0.3 is 0 Å². The lowest BCUT2D eigenvalue weighted by molar-refractivity contribution is 1.48. The number of benzene rings is 2. The zero-order chi connectivity index (χ0) is 11.5. The highest BCUT2D eigenvalue weighted by Crippen LogP contribution is 2.34. The minimum Gasteiger partial charge on any atom is -0.355 e. The van der Waals surface area contributed by atoms with E-state index in [1.807, 2.05) is 42.5 Å². The number of anilines is 2. The van der Waals surface area contributed by atoms with E-state index in [-0.39, 0.29) is 0 Å². The van der Waals surface area contributed by atoms with E-state index in [0.29, 0.717) is 0 Å². The van der Waals surface area contributed by atoms with E-state index in [0.717, 1.165) is 24.8 Å². The van der Waals surface area contributed by atoms with Crippen LogP contribution in [0.5, 0.6) is 0 Å². The predicted molar refractivity (Wildman–Crippen MR) is 79.3 cm³/mol. The van der Waals surface area contributed by atoms with E-state index in [4.69, 9.17) is 0 Å². The first-order chi connectivity index (χ1) is 7.66. The molecular formula is C12H8Br3N. The summed E-state index contributed by atoms with van der Waals surface area (Å²) < 4.78 is 3.05. The van der Waals surface area contributed by atoms with Gasteiger partial charge in [-0.25, -0.2) is 0 Å². The van der Waals surface area contributed by atoms with E-state index in [1.54, 1.807) is 0 Å². The Labute approximate surface area is 120 Å². The van der Waals surface area contributed by atoms with Crippen LogP contribution < -0.4 is 5.32 Å². The number of rotatable bonds is 2. The molecule has 1 N–H and O–H groups in total. The molecule has 0 aromatic heterocycles. The molecule has 0 heterocycles. The van der Waals surface area contributed by atoms with Gasteiger partial charge in [0.1, 0.15) is 0 Å². The standard InChI is InChI=1S/C12H8Br3N/c13-10-6-9(7-11(14)12(10)15)16-8-4-2-1-3-5-8/h1-7,16H. The smallest absolute Gasteiger partial charge is 0.0461 e. The van der Waals surface area contributed by atoms with Gasteiger partial charge in [-0.3, -0.25) is 0 Å². The van der Waals surface area contributed by atoms with Crippen molar-refractivity contribution < 1.29 is 0 Å². The largest absolute Gasteiger partial charge is 0.355 e. The normalized spacial score (nSPS) is 10.2. The second-order valence-corrected chi connectivity index (χ2v) is 5.75. The monoisotopic (exact) mass is 403 g/mol. The van der Waals surface area contributed by atoms with Crippen molar-refractivity contribution in [2.24, 2.45) is 0 Å². The Hall–Kier alpha value is -0.320. The Kier molecular flexibility index (Phi) is 4.05. The third-order valence-electron chi connectivity index (χ3n) is 2.05. The van der Waals surface area contributed by atoms with E-state index in [2.05, 4.69) is 53.1 Å². The van der Waals surface area contributed by atoms with Crippen LogP contribution in [-0.4, -0.2) is 0 Å². The fourth-order valence-electron chi connectivity index (χ4n) is 1.32. The Morgan fingerprint density at radius 2 is 1.31 bits per heavy atom. The van der Waals surface area contributed by atoms with Gasteiger partial charge in [0, 0.05) is 24.8 Å². The second-order valence-electron chi connectivity index (χ2n) is 3.24. The second kappa shape index (κ2) is 5.34. The van der Waals surface area contributed by atoms with Crippen LogP contribution in [0, 0.1) is 0 Å². The highest BCUT2D eigenvalue weighted by atomic mass is 79.9. The lowest BCUT2D eigenvalue weighted by Crippen LogP contribution is -1.90. The van der Waals surface area contributed by atoms with Crippen LogP contribution in [0.15, 0.2) is 55.9 Å². The Morgan fingerprint density at radius 1 is 0.750 bits per heavy atom. The summed E-state index contributed by atoms with van der Waals surface area (Å²) in [4.78, 5) is 0. The van der Waals surface area contributed by atoms with Crippen molar-refractivity contribution >= 4 is 59.2 Å². The van der Waals surface area contributed by atoms with Crippen molar-refractivity contribution in [2.75, 3.05) is 5.32 Å². The van der Waals surface area contributed by atoms with Crippen molar-refractivity contribution in [1.82, 2.24) is 0 Å². The van der Waals surface area contributed by atoms with E-state index in [9.17, 15) is 0 Å². The molecular weight excluding hydrogens is 398 g/mol. The molecule has 0 unspecified atom stereocenters. The minimum atomic E-state index is 1.01. The molecule has 0 atom stereocenters.